The topological polar surface area (TPSA) is 24.1 Å². The van der Waals surface area contributed by atoms with Crippen molar-refractivity contribution >= 4 is 17.1 Å². The molecule has 1 aliphatic carbocycles. The molecule has 0 saturated heterocycles. The predicted molar refractivity (Wildman–Crippen MR) is 138 cm³/mol. The van der Waals surface area contributed by atoms with E-state index in [0.717, 1.165) is 17.9 Å². The molecule has 1 aliphatic rings. The van der Waals surface area contributed by atoms with E-state index in [2.05, 4.69) is 123 Å². The van der Waals surface area contributed by atoms with Gasteiger partial charge in [0.2, 0.25) is 0 Å². The SMILES string of the molecule is CCNc1ccc2c(c1)C(C)(C)c1cc(Nc3ccccc3-c3ccccc3C)ccc1-2. The molecule has 32 heavy (non-hydrogen) atoms. The first-order chi connectivity index (χ1) is 15.5. The van der Waals surface area contributed by atoms with E-state index in [1.54, 1.807) is 0 Å². The Kier molecular flexibility index (Phi) is 5.01. The van der Waals surface area contributed by atoms with Crippen molar-refractivity contribution in [3.8, 4) is 22.3 Å². The summed E-state index contributed by atoms with van der Waals surface area (Å²) in [5, 5.41) is 7.17. The summed E-state index contributed by atoms with van der Waals surface area (Å²) in [6, 6.07) is 30.7. The van der Waals surface area contributed by atoms with E-state index in [4.69, 9.17) is 0 Å². The summed E-state index contributed by atoms with van der Waals surface area (Å²) in [6.45, 7) is 9.90. The van der Waals surface area contributed by atoms with Gasteiger partial charge in [0.25, 0.3) is 0 Å². The summed E-state index contributed by atoms with van der Waals surface area (Å²) >= 11 is 0. The Morgan fingerprint density at radius 3 is 1.94 bits per heavy atom. The van der Waals surface area contributed by atoms with Gasteiger partial charge in [0.15, 0.2) is 0 Å². The van der Waals surface area contributed by atoms with E-state index in [-0.39, 0.29) is 5.41 Å². The Morgan fingerprint density at radius 1 is 0.656 bits per heavy atom. The fraction of sp³-hybridized carbons (Fsp3) is 0.200. The molecule has 2 heteroatoms. The van der Waals surface area contributed by atoms with E-state index in [1.807, 2.05) is 0 Å². The number of nitrogens with one attached hydrogen (secondary N) is 2. The van der Waals surface area contributed by atoms with Crippen LogP contribution in [0.2, 0.25) is 0 Å². The molecule has 4 aromatic carbocycles. The molecule has 0 spiro atoms. The Balaban J connectivity index is 1.53. The van der Waals surface area contributed by atoms with Gasteiger partial charge in [-0.1, -0.05) is 68.4 Å². The Labute approximate surface area is 191 Å². The van der Waals surface area contributed by atoms with E-state index in [0.29, 0.717) is 0 Å². The second-order valence-corrected chi connectivity index (χ2v) is 9.16. The number of hydrogen-bond donors (Lipinski definition) is 2. The second kappa shape index (κ2) is 7.87. The molecular weight excluding hydrogens is 388 g/mol. The minimum Gasteiger partial charge on any atom is -0.385 e. The van der Waals surface area contributed by atoms with Crippen molar-refractivity contribution in [3.05, 3.63) is 102 Å². The summed E-state index contributed by atoms with van der Waals surface area (Å²) in [7, 11) is 0. The number of fused-ring (bicyclic) bond motifs is 3. The summed E-state index contributed by atoms with van der Waals surface area (Å²) in [4.78, 5) is 0. The molecular formula is C30H30N2. The Morgan fingerprint density at radius 2 is 1.25 bits per heavy atom. The maximum atomic E-state index is 3.71. The van der Waals surface area contributed by atoms with Crippen LogP contribution in [0.3, 0.4) is 0 Å². The first-order valence-electron chi connectivity index (χ1n) is 11.4. The molecule has 0 atom stereocenters. The molecule has 0 aliphatic heterocycles. The fourth-order valence-electron chi connectivity index (χ4n) is 4.99. The van der Waals surface area contributed by atoms with E-state index < -0.39 is 0 Å². The zero-order chi connectivity index (χ0) is 22.3. The van der Waals surface area contributed by atoms with Gasteiger partial charge in [0.1, 0.15) is 0 Å². The number of para-hydroxylation sites is 1. The lowest BCUT2D eigenvalue weighted by atomic mass is 9.82. The number of rotatable bonds is 5. The third-order valence-corrected chi connectivity index (χ3v) is 6.70. The largest absolute Gasteiger partial charge is 0.385 e. The predicted octanol–water partition coefficient (Wildman–Crippen LogP) is 8.14. The van der Waals surface area contributed by atoms with E-state index >= 15 is 0 Å². The van der Waals surface area contributed by atoms with Crippen LogP contribution in [0.25, 0.3) is 22.3 Å². The van der Waals surface area contributed by atoms with Gasteiger partial charge in [-0.2, -0.15) is 0 Å². The molecule has 0 amide bonds. The highest BCUT2D eigenvalue weighted by atomic mass is 14.9. The van der Waals surface area contributed by atoms with Crippen LogP contribution in [0.5, 0.6) is 0 Å². The highest BCUT2D eigenvalue weighted by Crippen LogP contribution is 2.50. The standard InChI is InChI=1S/C30H30N2/c1-5-31-21-14-16-24-25-17-15-22(19-28(25)30(3,4)27(24)18-21)32-29-13-9-8-12-26(29)23-11-7-6-10-20(23)2/h6-19,31-32H,5H2,1-4H3. The van der Waals surface area contributed by atoms with Crippen LogP contribution in [-0.4, -0.2) is 6.54 Å². The average molecular weight is 419 g/mol. The summed E-state index contributed by atoms with van der Waals surface area (Å²) in [5.74, 6) is 0. The van der Waals surface area contributed by atoms with Crippen LogP contribution in [0.15, 0.2) is 84.9 Å². The first-order valence-corrected chi connectivity index (χ1v) is 11.4. The van der Waals surface area contributed by atoms with Crippen molar-refractivity contribution in [2.75, 3.05) is 17.2 Å². The first kappa shape index (κ1) is 20.4. The van der Waals surface area contributed by atoms with Gasteiger partial charge < -0.3 is 10.6 Å². The number of aryl methyl sites for hydroxylation is 1. The normalized spacial score (nSPS) is 13.4. The molecule has 0 radical (unpaired) electrons. The molecule has 0 fully saturated rings. The van der Waals surface area contributed by atoms with Gasteiger partial charge in [-0.05, 0) is 77.6 Å². The quantitative estimate of drug-likeness (QED) is 0.342. The summed E-state index contributed by atoms with van der Waals surface area (Å²) in [5.41, 5.74) is 12.6. The Hall–Kier alpha value is -3.52. The van der Waals surface area contributed by atoms with Crippen LogP contribution in [0.4, 0.5) is 17.1 Å². The molecule has 0 saturated carbocycles. The molecule has 0 heterocycles. The fourth-order valence-corrected chi connectivity index (χ4v) is 4.99. The second-order valence-electron chi connectivity index (χ2n) is 9.16. The average Bonchev–Trinajstić information content (AvgIpc) is 3.01. The monoisotopic (exact) mass is 418 g/mol. The minimum atomic E-state index is -0.0384. The highest BCUT2D eigenvalue weighted by Gasteiger charge is 2.35. The lowest BCUT2D eigenvalue weighted by Gasteiger charge is -2.23. The van der Waals surface area contributed by atoms with Gasteiger partial charge in [-0.15, -0.1) is 0 Å². The number of hydrogen-bond acceptors (Lipinski definition) is 2. The van der Waals surface area contributed by atoms with Crippen molar-refractivity contribution in [3.63, 3.8) is 0 Å². The third kappa shape index (κ3) is 3.36. The van der Waals surface area contributed by atoms with Crippen molar-refractivity contribution in [1.82, 2.24) is 0 Å². The smallest absolute Gasteiger partial charge is 0.0464 e. The van der Waals surface area contributed by atoms with Gasteiger partial charge >= 0.3 is 0 Å². The molecule has 0 bridgehead atoms. The van der Waals surface area contributed by atoms with Gasteiger partial charge in [-0.25, -0.2) is 0 Å². The maximum absolute atomic E-state index is 3.71. The summed E-state index contributed by atoms with van der Waals surface area (Å²) in [6.07, 6.45) is 0. The van der Waals surface area contributed by atoms with Gasteiger partial charge in [0.05, 0.1) is 0 Å². The molecule has 2 nitrogen and oxygen atoms in total. The van der Waals surface area contributed by atoms with Crippen LogP contribution in [0, 0.1) is 6.92 Å². The van der Waals surface area contributed by atoms with Gasteiger partial charge in [-0.3, -0.25) is 0 Å². The number of anilines is 3. The van der Waals surface area contributed by atoms with Crippen LogP contribution in [-0.2, 0) is 5.41 Å². The minimum absolute atomic E-state index is 0.0384. The highest BCUT2D eigenvalue weighted by molar-refractivity contribution is 5.86. The molecule has 4 aromatic rings. The molecule has 2 N–H and O–H groups in total. The number of benzene rings is 4. The zero-order valence-corrected chi connectivity index (χ0v) is 19.3. The van der Waals surface area contributed by atoms with Crippen molar-refractivity contribution in [2.45, 2.75) is 33.1 Å². The van der Waals surface area contributed by atoms with Crippen LogP contribution >= 0.6 is 0 Å². The van der Waals surface area contributed by atoms with Gasteiger partial charge in [0, 0.05) is 34.6 Å². The summed E-state index contributed by atoms with van der Waals surface area (Å²) < 4.78 is 0. The van der Waals surface area contributed by atoms with Crippen LogP contribution < -0.4 is 10.6 Å². The zero-order valence-electron chi connectivity index (χ0n) is 19.3. The van der Waals surface area contributed by atoms with Crippen molar-refractivity contribution < 1.29 is 0 Å². The van der Waals surface area contributed by atoms with Crippen molar-refractivity contribution in [1.29, 1.82) is 0 Å². The molecule has 160 valence electrons. The maximum Gasteiger partial charge on any atom is 0.0464 e. The molecule has 0 aromatic heterocycles. The Bertz CT molecular complexity index is 1300. The third-order valence-electron chi connectivity index (χ3n) is 6.70. The lowest BCUT2D eigenvalue weighted by Crippen LogP contribution is -2.15. The molecule has 0 unspecified atom stereocenters. The van der Waals surface area contributed by atoms with Crippen molar-refractivity contribution in [2.24, 2.45) is 0 Å². The molecule has 5 rings (SSSR count). The van der Waals surface area contributed by atoms with E-state index in [9.17, 15) is 0 Å². The lowest BCUT2D eigenvalue weighted by molar-refractivity contribution is 0.661. The van der Waals surface area contributed by atoms with Crippen LogP contribution in [0.1, 0.15) is 37.5 Å². The van der Waals surface area contributed by atoms with E-state index in [1.165, 1.54) is 44.6 Å².